The lowest BCUT2D eigenvalue weighted by Gasteiger charge is -2.22. The molecule has 1 aromatic heterocycles. The van der Waals surface area contributed by atoms with Crippen LogP contribution in [0.25, 0.3) is 11.1 Å². The standard InChI is InChI=1S/C21H23N3O5/c1-2-3-13-22(16-8-5-4-6-9-16)20(25)10-7-14-23-18-12-11-17(24(27)28)15-19(18)29-21(23)26/h4-6,8-9,11-12,15H,2-3,7,10,13-14H2,1H3. The van der Waals surface area contributed by atoms with E-state index in [2.05, 4.69) is 6.92 Å². The molecule has 0 bridgehead atoms. The van der Waals surface area contributed by atoms with E-state index in [9.17, 15) is 19.7 Å². The van der Waals surface area contributed by atoms with E-state index in [4.69, 9.17) is 4.42 Å². The monoisotopic (exact) mass is 397 g/mol. The molecule has 3 rings (SSSR count). The largest absolute Gasteiger partial charge is 0.419 e. The van der Waals surface area contributed by atoms with Gasteiger partial charge in [-0.1, -0.05) is 31.5 Å². The van der Waals surface area contributed by atoms with Crippen LogP contribution in [0, 0.1) is 10.1 Å². The lowest BCUT2D eigenvalue weighted by molar-refractivity contribution is -0.384. The van der Waals surface area contributed by atoms with Crippen molar-refractivity contribution >= 4 is 28.4 Å². The number of carbonyl (C=O) groups is 1. The molecular weight excluding hydrogens is 374 g/mol. The highest BCUT2D eigenvalue weighted by atomic mass is 16.6. The number of para-hydroxylation sites is 1. The third kappa shape index (κ3) is 4.71. The Morgan fingerprint density at radius 3 is 2.62 bits per heavy atom. The Bertz CT molecular complexity index is 1060. The lowest BCUT2D eigenvalue weighted by atomic mass is 10.2. The van der Waals surface area contributed by atoms with Crippen LogP contribution in [0.2, 0.25) is 0 Å². The summed E-state index contributed by atoms with van der Waals surface area (Å²) in [5.41, 5.74) is 1.38. The SMILES string of the molecule is CCCCN(C(=O)CCCn1c(=O)oc2cc([N+](=O)[O-])ccc21)c1ccccc1. The number of unbranched alkanes of at least 4 members (excludes halogenated alkanes) is 1. The first-order valence-corrected chi connectivity index (χ1v) is 9.64. The number of carbonyl (C=O) groups excluding carboxylic acids is 1. The van der Waals surface area contributed by atoms with Gasteiger partial charge in [0.05, 0.1) is 16.5 Å². The molecule has 0 N–H and O–H groups in total. The van der Waals surface area contributed by atoms with Crippen molar-refractivity contribution in [3.63, 3.8) is 0 Å². The Morgan fingerprint density at radius 2 is 1.93 bits per heavy atom. The average molecular weight is 397 g/mol. The highest BCUT2D eigenvalue weighted by Gasteiger charge is 2.17. The van der Waals surface area contributed by atoms with Crippen molar-refractivity contribution in [3.05, 3.63) is 69.2 Å². The number of benzene rings is 2. The number of oxazole rings is 1. The first-order valence-electron chi connectivity index (χ1n) is 9.64. The Morgan fingerprint density at radius 1 is 1.17 bits per heavy atom. The summed E-state index contributed by atoms with van der Waals surface area (Å²) < 4.78 is 6.53. The van der Waals surface area contributed by atoms with E-state index in [1.54, 1.807) is 4.90 Å². The van der Waals surface area contributed by atoms with Crippen LogP contribution in [-0.4, -0.2) is 21.9 Å². The van der Waals surface area contributed by atoms with E-state index >= 15 is 0 Å². The third-order valence-corrected chi connectivity index (χ3v) is 4.74. The molecule has 1 amide bonds. The van der Waals surface area contributed by atoms with E-state index in [0.717, 1.165) is 18.5 Å². The molecule has 0 aliphatic carbocycles. The topological polar surface area (TPSA) is 98.6 Å². The van der Waals surface area contributed by atoms with Gasteiger partial charge >= 0.3 is 5.76 Å². The quantitative estimate of drug-likeness (QED) is 0.400. The Balaban J connectivity index is 1.69. The number of anilines is 1. The summed E-state index contributed by atoms with van der Waals surface area (Å²) in [6, 6.07) is 13.6. The van der Waals surface area contributed by atoms with Gasteiger partial charge in [-0.15, -0.1) is 0 Å². The number of nitrogens with zero attached hydrogens (tertiary/aromatic N) is 3. The molecule has 3 aromatic rings. The fraction of sp³-hybridized carbons (Fsp3) is 0.333. The minimum atomic E-state index is -0.584. The zero-order valence-electron chi connectivity index (χ0n) is 16.2. The summed E-state index contributed by atoms with van der Waals surface area (Å²) in [4.78, 5) is 37.0. The maximum atomic E-state index is 12.8. The second-order valence-electron chi connectivity index (χ2n) is 6.77. The normalized spacial score (nSPS) is 10.9. The number of hydrogen-bond acceptors (Lipinski definition) is 5. The first-order chi connectivity index (χ1) is 14.0. The first kappa shape index (κ1) is 20.3. The van der Waals surface area contributed by atoms with E-state index in [1.807, 2.05) is 30.3 Å². The van der Waals surface area contributed by atoms with Crippen LogP contribution in [0.5, 0.6) is 0 Å². The van der Waals surface area contributed by atoms with Gasteiger partial charge in [0.2, 0.25) is 5.91 Å². The van der Waals surface area contributed by atoms with Crippen molar-refractivity contribution in [2.75, 3.05) is 11.4 Å². The molecule has 8 heteroatoms. The molecule has 0 radical (unpaired) electrons. The third-order valence-electron chi connectivity index (χ3n) is 4.74. The molecular formula is C21H23N3O5. The Kier molecular flexibility index (Phi) is 6.43. The summed E-state index contributed by atoms with van der Waals surface area (Å²) >= 11 is 0. The van der Waals surface area contributed by atoms with Crippen LogP contribution in [0.1, 0.15) is 32.6 Å². The van der Waals surface area contributed by atoms with Gasteiger partial charge < -0.3 is 9.32 Å². The minimum Gasteiger partial charge on any atom is -0.407 e. The van der Waals surface area contributed by atoms with Crippen LogP contribution in [-0.2, 0) is 11.3 Å². The second-order valence-corrected chi connectivity index (χ2v) is 6.77. The number of amides is 1. The maximum Gasteiger partial charge on any atom is 0.419 e. The van der Waals surface area contributed by atoms with Gasteiger partial charge in [0.1, 0.15) is 0 Å². The molecule has 0 aliphatic heterocycles. The van der Waals surface area contributed by atoms with Gasteiger partial charge in [0.15, 0.2) is 5.58 Å². The van der Waals surface area contributed by atoms with Crippen molar-refractivity contribution < 1.29 is 14.1 Å². The molecule has 0 spiro atoms. The number of fused-ring (bicyclic) bond motifs is 1. The van der Waals surface area contributed by atoms with Gasteiger partial charge in [0, 0.05) is 31.3 Å². The predicted octanol–water partition coefficient (Wildman–Crippen LogP) is 4.12. The summed E-state index contributed by atoms with van der Waals surface area (Å²) in [7, 11) is 0. The maximum absolute atomic E-state index is 12.8. The highest BCUT2D eigenvalue weighted by molar-refractivity contribution is 5.93. The molecule has 1 heterocycles. The van der Waals surface area contributed by atoms with E-state index < -0.39 is 10.7 Å². The molecule has 2 aromatic carbocycles. The van der Waals surface area contributed by atoms with Crippen LogP contribution in [0.15, 0.2) is 57.7 Å². The van der Waals surface area contributed by atoms with Crippen LogP contribution >= 0.6 is 0 Å². The van der Waals surface area contributed by atoms with Crippen molar-refractivity contribution in [1.82, 2.24) is 4.57 Å². The van der Waals surface area contributed by atoms with Crippen LogP contribution < -0.4 is 10.7 Å². The summed E-state index contributed by atoms with van der Waals surface area (Å²) in [6.07, 6.45) is 2.63. The van der Waals surface area contributed by atoms with Crippen molar-refractivity contribution in [2.24, 2.45) is 0 Å². The van der Waals surface area contributed by atoms with Gasteiger partial charge in [-0.3, -0.25) is 19.5 Å². The van der Waals surface area contributed by atoms with Crippen LogP contribution in [0.4, 0.5) is 11.4 Å². The molecule has 0 atom stereocenters. The summed E-state index contributed by atoms with van der Waals surface area (Å²) in [5.74, 6) is -0.583. The lowest BCUT2D eigenvalue weighted by Crippen LogP contribution is -2.32. The van der Waals surface area contributed by atoms with Gasteiger partial charge in [0.25, 0.3) is 5.69 Å². The molecule has 0 fully saturated rings. The smallest absolute Gasteiger partial charge is 0.407 e. The van der Waals surface area contributed by atoms with Gasteiger partial charge in [-0.2, -0.15) is 0 Å². The Labute approximate surface area is 167 Å². The molecule has 29 heavy (non-hydrogen) atoms. The zero-order valence-corrected chi connectivity index (χ0v) is 16.2. The van der Waals surface area contributed by atoms with Gasteiger partial charge in [-0.25, -0.2) is 4.79 Å². The number of hydrogen-bond donors (Lipinski definition) is 0. The van der Waals surface area contributed by atoms with E-state index in [1.165, 1.54) is 22.8 Å². The number of aromatic nitrogens is 1. The fourth-order valence-corrected chi connectivity index (χ4v) is 3.23. The van der Waals surface area contributed by atoms with Crippen molar-refractivity contribution in [2.45, 2.75) is 39.2 Å². The molecule has 8 nitrogen and oxygen atoms in total. The summed E-state index contributed by atoms with van der Waals surface area (Å²) in [6.45, 7) is 3.03. The number of non-ortho nitro benzene ring substituents is 1. The van der Waals surface area contributed by atoms with Crippen molar-refractivity contribution in [3.8, 4) is 0 Å². The second kappa shape index (κ2) is 9.18. The predicted molar refractivity (Wildman–Crippen MR) is 110 cm³/mol. The molecule has 152 valence electrons. The number of aryl methyl sites for hydroxylation is 1. The number of nitro groups is 1. The minimum absolute atomic E-state index is 0.00105. The molecule has 0 saturated heterocycles. The summed E-state index contributed by atoms with van der Waals surface area (Å²) in [5, 5.41) is 10.9. The zero-order chi connectivity index (χ0) is 20.8. The molecule has 0 saturated carbocycles. The van der Waals surface area contributed by atoms with E-state index in [0.29, 0.717) is 25.0 Å². The van der Waals surface area contributed by atoms with Gasteiger partial charge in [-0.05, 0) is 31.0 Å². The van der Waals surface area contributed by atoms with Crippen molar-refractivity contribution in [1.29, 1.82) is 0 Å². The van der Waals surface area contributed by atoms with E-state index in [-0.39, 0.29) is 23.6 Å². The average Bonchev–Trinajstić information content (AvgIpc) is 3.03. The van der Waals surface area contributed by atoms with Crippen LogP contribution in [0.3, 0.4) is 0 Å². The highest BCUT2D eigenvalue weighted by Crippen LogP contribution is 2.21. The molecule has 0 unspecified atom stereocenters. The fourth-order valence-electron chi connectivity index (χ4n) is 3.23. The number of nitro benzene ring substituents is 1. The Hall–Kier alpha value is -3.42. The number of rotatable bonds is 9. The molecule has 0 aliphatic rings.